The molecule has 0 saturated carbocycles. The zero-order valence-corrected chi connectivity index (χ0v) is 14.1. The first kappa shape index (κ1) is 17.5. The van der Waals surface area contributed by atoms with Crippen LogP contribution in [0.15, 0.2) is 30.5 Å². The topological polar surface area (TPSA) is 85.4 Å². The van der Waals surface area contributed by atoms with Crippen LogP contribution in [0.4, 0.5) is 16.2 Å². The molecule has 0 aliphatic heterocycles. The van der Waals surface area contributed by atoms with Gasteiger partial charge in [-0.05, 0) is 38.0 Å². The van der Waals surface area contributed by atoms with Gasteiger partial charge < -0.3 is 20.1 Å². The van der Waals surface area contributed by atoms with E-state index in [0.29, 0.717) is 24.6 Å². The molecular weight excluding hydrogens is 308 g/mol. The number of nitrogens with one attached hydrogen (secondary N) is 2. The molecule has 128 valence electrons. The lowest BCUT2D eigenvalue weighted by Gasteiger charge is -2.12. The summed E-state index contributed by atoms with van der Waals surface area (Å²) in [7, 11) is 0. The molecule has 1 heterocycles. The zero-order chi connectivity index (χ0) is 17.4. The van der Waals surface area contributed by atoms with Crippen molar-refractivity contribution in [1.82, 2.24) is 9.97 Å². The molecule has 2 N–H and O–H groups in total. The number of carbonyl (C=O) groups is 1. The Morgan fingerprint density at radius 3 is 2.38 bits per heavy atom. The molecule has 0 aliphatic carbocycles. The summed E-state index contributed by atoms with van der Waals surface area (Å²) >= 11 is 0. The third-order valence-corrected chi connectivity index (χ3v) is 3.15. The summed E-state index contributed by atoms with van der Waals surface area (Å²) in [5.74, 6) is 0.271. The molecule has 0 radical (unpaired) electrons. The number of benzene rings is 1. The minimum atomic E-state index is -0.395. The lowest BCUT2D eigenvalue weighted by atomic mass is 10.1. The first-order chi connectivity index (χ1) is 11.7. The van der Waals surface area contributed by atoms with Crippen LogP contribution in [-0.4, -0.2) is 29.2 Å². The van der Waals surface area contributed by atoms with Crippen molar-refractivity contribution < 1.29 is 14.3 Å². The lowest BCUT2D eigenvalue weighted by molar-refractivity contribution is 0.261. The number of aryl methyl sites for hydroxylation is 1. The van der Waals surface area contributed by atoms with Crippen molar-refractivity contribution in [3.05, 3.63) is 36.0 Å². The molecule has 7 heteroatoms. The number of rotatable bonds is 7. The number of urea groups is 1. The summed E-state index contributed by atoms with van der Waals surface area (Å²) in [5.41, 5.74) is 2.29. The van der Waals surface area contributed by atoms with E-state index in [0.717, 1.165) is 6.42 Å². The van der Waals surface area contributed by atoms with Gasteiger partial charge >= 0.3 is 12.0 Å². The first-order valence-electron chi connectivity index (χ1n) is 7.95. The van der Waals surface area contributed by atoms with E-state index in [1.807, 2.05) is 38.1 Å². The number of nitrogens with zero attached hydrogens (tertiary/aromatic N) is 2. The van der Waals surface area contributed by atoms with Crippen LogP contribution >= 0.6 is 0 Å². The van der Waals surface area contributed by atoms with Gasteiger partial charge in [0.25, 0.3) is 0 Å². The minimum Gasteiger partial charge on any atom is -0.476 e. The SMILES string of the molecule is CCOc1ncc(NC(=O)Nc2ccc(CC)cc2)c(OCC)n1. The molecule has 2 rings (SSSR count). The van der Waals surface area contributed by atoms with Crippen LogP contribution in [0.5, 0.6) is 11.9 Å². The highest BCUT2D eigenvalue weighted by molar-refractivity contribution is 6.00. The molecule has 0 fully saturated rings. The fourth-order valence-corrected chi connectivity index (χ4v) is 1.99. The summed E-state index contributed by atoms with van der Waals surface area (Å²) in [4.78, 5) is 20.3. The van der Waals surface area contributed by atoms with Crippen molar-refractivity contribution >= 4 is 17.4 Å². The van der Waals surface area contributed by atoms with Crippen molar-refractivity contribution in [1.29, 1.82) is 0 Å². The summed E-state index contributed by atoms with van der Waals surface area (Å²) in [5, 5.41) is 5.44. The molecule has 0 bridgehead atoms. The van der Waals surface area contributed by atoms with Gasteiger partial charge in [0.1, 0.15) is 5.69 Å². The minimum absolute atomic E-state index is 0.210. The maximum absolute atomic E-state index is 12.1. The number of hydrogen-bond acceptors (Lipinski definition) is 5. The maximum Gasteiger partial charge on any atom is 0.323 e. The Morgan fingerprint density at radius 2 is 1.75 bits per heavy atom. The van der Waals surface area contributed by atoms with Gasteiger partial charge in [-0.25, -0.2) is 9.78 Å². The molecular formula is C17H22N4O3. The van der Waals surface area contributed by atoms with Crippen LogP contribution in [0.1, 0.15) is 26.3 Å². The Balaban J connectivity index is 2.06. The highest BCUT2D eigenvalue weighted by Gasteiger charge is 2.12. The third-order valence-electron chi connectivity index (χ3n) is 3.15. The molecule has 2 amide bonds. The smallest absolute Gasteiger partial charge is 0.323 e. The van der Waals surface area contributed by atoms with E-state index in [2.05, 4.69) is 27.5 Å². The van der Waals surface area contributed by atoms with Gasteiger partial charge in [-0.15, -0.1) is 0 Å². The van der Waals surface area contributed by atoms with Gasteiger partial charge in [0.2, 0.25) is 5.88 Å². The van der Waals surface area contributed by atoms with Crippen molar-refractivity contribution in [2.24, 2.45) is 0 Å². The van der Waals surface area contributed by atoms with Gasteiger partial charge in [-0.1, -0.05) is 19.1 Å². The van der Waals surface area contributed by atoms with Crippen molar-refractivity contribution in [3.8, 4) is 11.9 Å². The lowest BCUT2D eigenvalue weighted by Crippen LogP contribution is -2.20. The van der Waals surface area contributed by atoms with Crippen LogP contribution in [0, 0.1) is 0 Å². The zero-order valence-electron chi connectivity index (χ0n) is 14.1. The molecule has 0 unspecified atom stereocenters. The van der Waals surface area contributed by atoms with Gasteiger partial charge in [-0.2, -0.15) is 4.98 Å². The number of anilines is 2. The number of amides is 2. The highest BCUT2D eigenvalue weighted by Crippen LogP contribution is 2.23. The van der Waals surface area contributed by atoms with Gasteiger partial charge in [-0.3, -0.25) is 0 Å². The predicted octanol–water partition coefficient (Wildman–Crippen LogP) is 3.48. The number of ether oxygens (including phenoxy) is 2. The van der Waals surface area contributed by atoms with Crippen LogP contribution < -0.4 is 20.1 Å². The molecule has 1 aromatic carbocycles. The number of aromatic nitrogens is 2. The fraction of sp³-hybridized carbons (Fsp3) is 0.353. The van der Waals surface area contributed by atoms with E-state index in [1.54, 1.807) is 0 Å². The standard InChI is InChI=1S/C17H22N4O3/c1-4-12-7-9-13(10-8-12)19-16(22)20-14-11-18-17(24-6-3)21-15(14)23-5-2/h7-11H,4-6H2,1-3H3,(H2,19,20,22). The van der Waals surface area contributed by atoms with E-state index in [9.17, 15) is 4.79 Å². The van der Waals surface area contributed by atoms with Crippen molar-refractivity contribution in [2.75, 3.05) is 23.8 Å². The van der Waals surface area contributed by atoms with Gasteiger partial charge in [0, 0.05) is 5.69 Å². The average Bonchev–Trinajstić information content (AvgIpc) is 2.58. The second-order valence-electron chi connectivity index (χ2n) is 4.87. The summed E-state index contributed by atoms with van der Waals surface area (Å²) < 4.78 is 10.7. The van der Waals surface area contributed by atoms with Gasteiger partial charge in [0.05, 0.1) is 19.4 Å². The Bertz CT molecular complexity index is 674. The second kappa shape index (κ2) is 8.71. The van der Waals surface area contributed by atoms with E-state index in [1.165, 1.54) is 11.8 Å². The molecule has 24 heavy (non-hydrogen) atoms. The quantitative estimate of drug-likeness (QED) is 0.812. The molecule has 2 aromatic rings. The van der Waals surface area contributed by atoms with E-state index in [-0.39, 0.29) is 11.9 Å². The predicted molar refractivity (Wildman–Crippen MR) is 92.8 cm³/mol. The summed E-state index contributed by atoms with van der Waals surface area (Å²) in [6.07, 6.45) is 2.41. The Labute approximate surface area is 141 Å². The third kappa shape index (κ3) is 4.84. The second-order valence-corrected chi connectivity index (χ2v) is 4.87. The maximum atomic E-state index is 12.1. The Morgan fingerprint density at radius 1 is 1.04 bits per heavy atom. The normalized spacial score (nSPS) is 10.1. The molecule has 0 atom stereocenters. The number of carbonyl (C=O) groups excluding carboxylic acids is 1. The largest absolute Gasteiger partial charge is 0.476 e. The molecule has 0 spiro atoms. The summed E-state index contributed by atoms with van der Waals surface area (Å²) in [6, 6.07) is 7.48. The first-order valence-corrected chi connectivity index (χ1v) is 7.95. The van der Waals surface area contributed by atoms with Crippen LogP contribution in [0.25, 0.3) is 0 Å². The number of hydrogen-bond donors (Lipinski definition) is 2. The highest BCUT2D eigenvalue weighted by atomic mass is 16.5. The van der Waals surface area contributed by atoms with E-state index in [4.69, 9.17) is 9.47 Å². The van der Waals surface area contributed by atoms with Gasteiger partial charge in [0.15, 0.2) is 0 Å². The molecule has 0 aliphatic rings. The van der Waals surface area contributed by atoms with E-state index >= 15 is 0 Å². The van der Waals surface area contributed by atoms with Crippen LogP contribution in [0.2, 0.25) is 0 Å². The van der Waals surface area contributed by atoms with E-state index < -0.39 is 6.03 Å². The molecule has 7 nitrogen and oxygen atoms in total. The van der Waals surface area contributed by atoms with Crippen LogP contribution in [0.3, 0.4) is 0 Å². The summed E-state index contributed by atoms with van der Waals surface area (Å²) in [6.45, 7) is 6.62. The molecule has 1 aromatic heterocycles. The van der Waals surface area contributed by atoms with Crippen molar-refractivity contribution in [3.63, 3.8) is 0 Å². The Kier molecular flexibility index (Phi) is 6.36. The average molecular weight is 330 g/mol. The monoisotopic (exact) mass is 330 g/mol. The van der Waals surface area contributed by atoms with Crippen molar-refractivity contribution in [2.45, 2.75) is 27.2 Å². The molecule has 0 saturated heterocycles. The fourth-order valence-electron chi connectivity index (χ4n) is 1.99. The Hall–Kier alpha value is -2.83. The van der Waals surface area contributed by atoms with Crippen LogP contribution in [-0.2, 0) is 6.42 Å².